The van der Waals surface area contributed by atoms with E-state index in [0.29, 0.717) is 28.0 Å². The van der Waals surface area contributed by atoms with Crippen LogP contribution in [0.5, 0.6) is 11.5 Å². The number of allylic oxidation sites excluding steroid dienone is 1. The number of aromatic hydroxyl groups is 1. The van der Waals surface area contributed by atoms with Crippen LogP contribution in [0.3, 0.4) is 0 Å². The molecule has 4 N–H and O–H groups in total. The molecule has 0 fully saturated rings. The summed E-state index contributed by atoms with van der Waals surface area (Å²) in [6.07, 6.45) is 0.222. The van der Waals surface area contributed by atoms with Gasteiger partial charge in [0.05, 0.1) is 29.9 Å². The molecule has 8 nitrogen and oxygen atoms in total. The predicted molar refractivity (Wildman–Crippen MR) is 134 cm³/mol. The molecule has 0 aromatic heterocycles. The first kappa shape index (κ1) is 24.7. The number of fused-ring (bicyclic) bond motifs is 3. The van der Waals surface area contributed by atoms with E-state index >= 15 is 0 Å². The fraction of sp³-hybridized carbons (Fsp3) is 0.276. The molecule has 0 spiro atoms. The Morgan fingerprint density at radius 1 is 1.11 bits per heavy atom. The summed E-state index contributed by atoms with van der Waals surface area (Å²) in [6, 6.07) is 11.6. The standard InChI is InChI=1S/C29H26O8/c1-13-11-19-25(32)23-18(12-15-7-9-16(37-3)10-8-15)17-5-4-6-20(31)22(17)26(33)24(23)28(35)29(19,36)27(34)21(13)14(2)30/h4-10,12,19,23,25,31-32,35-36H,11H2,1-3H3/b18-12+. The number of rotatable bonds is 3. The van der Waals surface area contributed by atoms with Crippen LogP contribution in [0.2, 0.25) is 0 Å². The molecule has 37 heavy (non-hydrogen) atoms. The lowest BCUT2D eigenvalue weighted by Gasteiger charge is -2.49. The Hall–Kier alpha value is -4.01. The quantitative estimate of drug-likeness (QED) is 0.469. The van der Waals surface area contributed by atoms with Gasteiger partial charge in [-0.3, -0.25) is 14.4 Å². The van der Waals surface area contributed by atoms with Crippen LogP contribution >= 0.6 is 0 Å². The number of carbonyl (C=O) groups is 3. The van der Waals surface area contributed by atoms with Crippen LogP contribution in [0.25, 0.3) is 11.6 Å². The maximum atomic E-state index is 13.7. The molecule has 190 valence electrons. The van der Waals surface area contributed by atoms with Crippen LogP contribution < -0.4 is 4.74 Å². The summed E-state index contributed by atoms with van der Waals surface area (Å²) < 4.78 is 5.21. The van der Waals surface area contributed by atoms with Gasteiger partial charge < -0.3 is 25.2 Å². The van der Waals surface area contributed by atoms with Crippen LogP contribution in [0.15, 0.2) is 64.9 Å². The number of benzene rings is 2. The minimum absolute atomic E-state index is 0.0386. The first-order valence-corrected chi connectivity index (χ1v) is 11.8. The van der Waals surface area contributed by atoms with Gasteiger partial charge >= 0.3 is 0 Å². The highest BCUT2D eigenvalue weighted by Crippen LogP contribution is 2.55. The zero-order chi connectivity index (χ0) is 26.8. The second kappa shape index (κ2) is 8.54. The smallest absolute Gasteiger partial charge is 0.206 e. The summed E-state index contributed by atoms with van der Waals surface area (Å²) in [4.78, 5) is 39.3. The predicted octanol–water partition coefficient (Wildman–Crippen LogP) is 3.17. The van der Waals surface area contributed by atoms with Gasteiger partial charge in [-0.15, -0.1) is 0 Å². The number of Topliss-reactive ketones (excluding diaryl/α,β-unsaturated/α-hetero) is 3. The van der Waals surface area contributed by atoms with Crippen molar-refractivity contribution in [3.63, 3.8) is 0 Å². The van der Waals surface area contributed by atoms with Crippen molar-refractivity contribution in [2.75, 3.05) is 7.11 Å². The van der Waals surface area contributed by atoms with Crippen molar-refractivity contribution >= 4 is 29.0 Å². The minimum Gasteiger partial charge on any atom is -0.508 e. The number of carbonyl (C=O) groups excluding carboxylic acids is 3. The van der Waals surface area contributed by atoms with Gasteiger partial charge in [-0.05, 0) is 55.2 Å². The van der Waals surface area contributed by atoms with Gasteiger partial charge in [-0.1, -0.05) is 35.9 Å². The lowest BCUT2D eigenvalue weighted by molar-refractivity contribution is -0.151. The van der Waals surface area contributed by atoms with E-state index in [2.05, 4.69) is 0 Å². The van der Waals surface area contributed by atoms with Gasteiger partial charge in [0.25, 0.3) is 0 Å². The Bertz CT molecular complexity index is 1460. The van der Waals surface area contributed by atoms with E-state index in [1.807, 2.05) is 0 Å². The lowest BCUT2D eigenvalue weighted by atomic mass is 9.56. The number of hydrogen-bond acceptors (Lipinski definition) is 8. The molecule has 0 radical (unpaired) electrons. The van der Waals surface area contributed by atoms with Crippen LogP contribution in [0, 0.1) is 11.8 Å². The largest absolute Gasteiger partial charge is 0.508 e. The van der Waals surface area contributed by atoms with Crippen molar-refractivity contribution < 1.29 is 39.5 Å². The third-order valence-electron chi connectivity index (χ3n) is 7.69. The molecule has 5 rings (SSSR count). The first-order valence-electron chi connectivity index (χ1n) is 11.8. The zero-order valence-corrected chi connectivity index (χ0v) is 20.5. The molecule has 4 atom stereocenters. The second-order valence-corrected chi connectivity index (χ2v) is 9.75. The third kappa shape index (κ3) is 3.40. The van der Waals surface area contributed by atoms with Crippen LogP contribution in [-0.2, 0) is 9.59 Å². The maximum Gasteiger partial charge on any atom is 0.206 e. The molecule has 2 aromatic carbocycles. The zero-order valence-electron chi connectivity index (χ0n) is 20.5. The highest BCUT2D eigenvalue weighted by molar-refractivity contribution is 6.26. The van der Waals surface area contributed by atoms with E-state index in [1.165, 1.54) is 20.1 Å². The molecule has 4 unspecified atom stereocenters. The SMILES string of the molecule is COc1ccc(/C=C2\c3cccc(O)c3C(=O)C3=C(O)C4(O)C(=O)C(C(C)=O)=C(C)CC4C(O)C32)cc1. The number of methoxy groups -OCH3 is 1. The molecule has 0 aliphatic heterocycles. The molecule has 3 aliphatic carbocycles. The van der Waals surface area contributed by atoms with Crippen molar-refractivity contribution in [1.29, 1.82) is 0 Å². The summed E-state index contributed by atoms with van der Waals surface area (Å²) >= 11 is 0. The van der Waals surface area contributed by atoms with E-state index in [9.17, 15) is 34.8 Å². The van der Waals surface area contributed by atoms with Crippen LogP contribution in [0.1, 0.15) is 41.8 Å². The summed E-state index contributed by atoms with van der Waals surface area (Å²) in [5, 5.41) is 45.2. The van der Waals surface area contributed by atoms with Crippen molar-refractivity contribution in [3.8, 4) is 11.5 Å². The topological polar surface area (TPSA) is 141 Å². The third-order valence-corrected chi connectivity index (χ3v) is 7.69. The number of aliphatic hydroxyl groups excluding tert-OH is 2. The normalized spacial score (nSPS) is 28.1. The second-order valence-electron chi connectivity index (χ2n) is 9.75. The monoisotopic (exact) mass is 502 g/mol. The van der Waals surface area contributed by atoms with Crippen molar-refractivity contribution in [1.82, 2.24) is 0 Å². The number of hydrogen-bond donors (Lipinski definition) is 4. The van der Waals surface area contributed by atoms with E-state index in [1.54, 1.807) is 49.4 Å². The number of ketones is 3. The van der Waals surface area contributed by atoms with Gasteiger partial charge in [0.2, 0.25) is 5.78 Å². The highest BCUT2D eigenvalue weighted by atomic mass is 16.5. The Morgan fingerprint density at radius 3 is 2.41 bits per heavy atom. The van der Waals surface area contributed by atoms with Gasteiger partial charge in [-0.25, -0.2) is 0 Å². The molecule has 0 heterocycles. The Balaban J connectivity index is 1.79. The maximum absolute atomic E-state index is 13.7. The van der Waals surface area contributed by atoms with Crippen LogP contribution in [0.4, 0.5) is 0 Å². The molecular weight excluding hydrogens is 476 g/mol. The van der Waals surface area contributed by atoms with Crippen molar-refractivity contribution in [3.05, 3.63) is 81.6 Å². The highest BCUT2D eigenvalue weighted by Gasteiger charge is 2.63. The fourth-order valence-corrected chi connectivity index (χ4v) is 5.96. The van der Waals surface area contributed by atoms with Crippen molar-refractivity contribution in [2.45, 2.75) is 32.0 Å². The molecule has 0 saturated carbocycles. The molecule has 8 heteroatoms. The minimum atomic E-state index is -2.66. The Kier molecular flexibility index (Phi) is 5.69. The average molecular weight is 503 g/mol. The number of phenols is 1. The average Bonchev–Trinajstić information content (AvgIpc) is 2.86. The first-order chi connectivity index (χ1) is 17.5. The van der Waals surface area contributed by atoms with Gasteiger partial charge in [0.1, 0.15) is 17.3 Å². The number of phenolic OH excluding ortho intramolecular Hbond substituents is 1. The molecule has 0 saturated heterocycles. The van der Waals surface area contributed by atoms with Crippen molar-refractivity contribution in [2.24, 2.45) is 11.8 Å². The Morgan fingerprint density at radius 2 is 1.78 bits per heavy atom. The molecule has 3 aliphatic rings. The summed E-state index contributed by atoms with van der Waals surface area (Å²) in [5.74, 6) is -5.36. The molecule has 0 amide bonds. The number of ether oxygens (including phenoxy) is 1. The Labute approximate surface area is 212 Å². The lowest BCUT2D eigenvalue weighted by Crippen LogP contribution is -2.61. The molecular formula is C29H26O8. The van der Waals surface area contributed by atoms with E-state index in [-0.39, 0.29) is 28.9 Å². The van der Waals surface area contributed by atoms with Gasteiger partial charge in [0, 0.05) is 11.8 Å². The van der Waals surface area contributed by atoms with Gasteiger partial charge in [0.15, 0.2) is 17.2 Å². The fourth-order valence-electron chi connectivity index (χ4n) is 5.96. The van der Waals surface area contributed by atoms with Gasteiger partial charge in [-0.2, -0.15) is 0 Å². The summed E-state index contributed by atoms with van der Waals surface area (Å²) in [7, 11) is 1.54. The van der Waals surface area contributed by atoms with E-state index < -0.39 is 46.6 Å². The number of aliphatic hydroxyl groups is 3. The van der Waals surface area contributed by atoms with Crippen LogP contribution in [-0.4, -0.2) is 56.6 Å². The summed E-state index contributed by atoms with van der Waals surface area (Å²) in [5.41, 5.74) is -1.52. The van der Waals surface area contributed by atoms with E-state index in [4.69, 9.17) is 4.74 Å². The van der Waals surface area contributed by atoms with E-state index in [0.717, 1.165) is 0 Å². The summed E-state index contributed by atoms with van der Waals surface area (Å²) in [6.45, 7) is 2.76. The molecule has 0 bridgehead atoms. The molecule has 2 aromatic rings.